The van der Waals surface area contributed by atoms with Crippen LogP contribution in [-0.4, -0.2) is 6.29 Å². The summed E-state index contributed by atoms with van der Waals surface area (Å²) in [7, 11) is 0. The topological polar surface area (TPSA) is 17.1 Å². The molecule has 2 aliphatic carbocycles. The van der Waals surface area contributed by atoms with Gasteiger partial charge in [-0.15, -0.1) is 0 Å². The summed E-state index contributed by atoms with van der Waals surface area (Å²) in [5.41, 5.74) is -0.0145. The lowest BCUT2D eigenvalue weighted by Gasteiger charge is -2.23. The minimum absolute atomic E-state index is 0.0145. The molecule has 2 bridgehead atoms. The molecule has 54 valence electrons. The molecule has 0 spiro atoms. The molecule has 0 unspecified atom stereocenters. The second kappa shape index (κ2) is 1.71. The smallest absolute Gasteiger partial charge is 0.126 e. The molecule has 1 heteroatoms. The quantitative estimate of drug-likeness (QED) is 0.396. The van der Waals surface area contributed by atoms with Crippen molar-refractivity contribution < 1.29 is 4.79 Å². The molecule has 0 saturated heterocycles. The van der Waals surface area contributed by atoms with Crippen LogP contribution in [0.1, 0.15) is 19.8 Å². The van der Waals surface area contributed by atoms with E-state index in [0.717, 1.165) is 12.7 Å². The van der Waals surface area contributed by atoms with Crippen molar-refractivity contribution in [2.45, 2.75) is 19.8 Å². The van der Waals surface area contributed by atoms with Gasteiger partial charge in [-0.05, 0) is 24.7 Å². The monoisotopic (exact) mass is 136 g/mol. The fourth-order valence-electron chi connectivity index (χ4n) is 2.27. The minimum atomic E-state index is -0.0145. The molecular formula is C9H12O. The zero-order chi connectivity index (χ0) is 7.19. The van der Waals surface area contributed by atoms with Gasteiger partial charge >= 0.3 is 0 Å². The normalized spacial score (nSPS) is 50.1. The zero-order valence-corrected chi connectivity index (χ0v) is 6.21. The Kier molecular flexibility index (Phi) is 1.05. The molecule has 0 aromatic heterocycles. The molecule has 0 N–H and O–H groups in total. The highest BCUT2D eigenvalue weighted by Gasteiger charge is 2.44. The van der Waals surface area contributed by atoms with Crippen molar-refractivity contribution in [3.63, 3.8) is 0 Å². The maximum absolute atomic E-state index is 10.7. The largest absolute Gasteiger partial charge is 0.303 e. The summed E-state index contributed by atoms with van der Waals surface area (Å²) in [5, 5.41) is 0. The highest BCUT2D eigenvalue weighted by Crippen LogP contribution is 2.50. The Balaban J connectivity index is 2.30. The van der Waals surface area contributed by atoms with Crippen LogP contribution in [0.3, 0.4) is 0 Å². The molecule has 0 amide bonds. The Morgan fingerprint density at radius 3 is 2.70 bits per heavy atom. The molecule has 1 nitrogen and oxygen atoms in total. The van der Waals surface area contributed by atoms with Crippen molar-refractivity contribution in [2.24, 2.45) is 17.3 Å². The number of rotatable bonds is 1. The molecular weight excluding hydrogens is 124 g/mol. The van der Waals surface area contributed by atoms with E-state index >= 15 is 0 Å². The van der Waals surface area contributed by atoms with E-state index in [4.69, 9.17) is 0 Å². The average molecular weight is 136 g/mol. The molecule has 0 aliphatic heterocycles. The summed E-state index contributed by atoms with van der Waals surface area (Å²) in [6, 6.07) is 0. The van der Waals surface area contributed by atoms with Crippen LogP contribution in [0, 0.1) is 17.3 Å². The predicted octanol–water partition coefficient (Wildman–Crippen LogP) is 1.79. The molecule has 0 radical (unpaired) electrons. The molecule has 2 rings (SSSR count). The van der Waals surface area contributed by atoms with Gasteiger partial charge in [-0.1, -0.05) is 19.1 Å². The van der Waals surface area contributed by atoms with E-state index in [1.807, 2.05) is 0 Å². The summed E-state index contributed by atoms with van der Waals surface area (Å²) in [4.78, 5) is 10.7. The number of allylic oxidation sites excluding steroid dienone is 2. The van der Waals surface area contributed by atoms with Crippen LogP contribution in [0.2, 0.25) is 0 Å². The Bertz CT molecular complexity index is 195. The number of carbonyl (C=O) groups excluding carboxylic acids is 1. The maximum Gasteiger partial charge on any atom is 0.126 e. The van der Waals surface area contributed by atoms with Gasteiger partial charge in [0, 0.05) is 5.41 Å². The highest BCUT2D eigenvalue weighted by atomic mass is 16.1. The van der Waals surface area contributed by atoms with Crippen LogP contribution >= 0.6 is 0 Å². The van der Waals surface area contributed by atoms with Crippen molar-refractivity contribution in [1.82, 2.24) is 0 Å². The minimum Gasteiger partial charge on any atom is -0.303 e. The first-order valence-electron chi connectivity index (χ1n) is 3.89. The third-order valence-corrected chi connectivity index (χ3v) is 2.99. The van der Waals surface area contributed by atoms with E-state index in [2.05, 4.69) is 19.1 Å². The molecule has 1 saturated carbocycles. The van der Waals surface area contributed by atoms with Gasteiger partial charge in [0.25, 0.3) is 0 Å². The summed E-state index contributed by atoms with van der Waals surface area (Å²) in [5.74, 6) is 1.26. The predicted molar refractivity (Wildman–Crippen MR) is 39.5 cm³/mol. The number of carbonyl (C=O) groups is 1. The van der Waals surface area contributed by atoms with Crippen LogP contribution in [-0.2, 0) is 4.79 Å². The number of aldehydes is 1. The fourth-order valence-corrected chi connectivity index (χ4v) is 2.27. The van der Waals surface area contributed by atoms with Gasteiger partial charge in [0.15, 0.2) is 0 Å². The van der Waals surface area contributed by atoms with Crippen LogP contribution < -0.4 is 0 Å². The van der Waals surface area contributed by atoms with Crippen molar-refractivity contribution in [2.75, 3.05) is 0 Å². The molecule has 3 atom stereocenters. The van der Waals surface area contributed by atoms with Crippen molar-refractivity contribution in [3.8, 4) is 0 Å². The van der Waals surface area contributed by atoms with E-state index < -0.39 is 0 Å². The van der Waals surface area contributed by atoms with E-state index in [9.17, 15) is 4.79 Å². The lowest BCUT2D eigenvalue weighted by molar-refractivity contribution is -0.116. The second-order valence-electron chi connectivity index (χ2n) is 3.81. The summed E-state index contributed by atoms with van der Waals surface area (Å²) in [6.07, 6.45) is 7.91. The van der Waals surface area contributed by atoms with E-state index in [1.165, 1.54) is 6.42 Å². The second-order valence-corrected chi connectivity index (χ2v) is 3.81. The Morgan fingerprint density at radius 2 is 2.40 bits per heavy atom. The van der Waals surface area contributed by atoms with Crippen molar-refractivity contribution in [1.29, 1.82) is 0 Å². The maximum atomic E-state index is 10.7. The third kappa shape index (κ3) is 0.606. The van der Waals surface area contributed by atoms with E-state index in [1.54, 1.807) is 0 Å². The number of fused-ring (bicyclic) bond motifs is 2. The SMILES string of the molecule is C[C@@]1(C=O)C[C@H]2C=C[C@@H]1C2. The first-order valence-corrected chi connectivity index (χ1v) is 3.89. The highest BCUT2D eigenvalue weighted by molar-refractivity contribution is 5.61. The molecule has 0 heterocycles. The summed E-state index contributed by atoms with van der Waals surface area (Å²) >= 11 is 0. The van der Waals surface area contributed by atoms with Gasteiger partial charge in [-0.25, -0.2) is 0 Å². The number of hydrogen-bond acceptors (Lipinski definition) is 1. The Morgan fingerprint density at radius 1 is 1.60 bits per heavy atom. The Labute approximate surface area is 61.1 Å². The van der Waals surface area contributed by atoms with Gasteiger partial charge in [-0.2, -0.15) is 0 Å². The van der Waals surface area contributed by atoms with Crippen molar-refractivity contribution in [3.05, 3.63) is 12.2 Å². The molecule has 0 aromatic rings. The van der Waals surface area contributed by atoms with Gasteiger partial charge in [-0.3, -0.25) is 0 Å². The lowest BCUT2D eigenvalue weighted by atomic mass is 9.79. The zero-order valence-electron chi connectivity index (χ0n) is 6.21. The van der Waals surface area contributed by atoms with Gasteiger partial charge in [0.1, 0.15) is 6.29 Å². The standard InChI is InChI=1S/C9H12O/c1-9(6-10)5-7-2-3-8(9)4-7/h2-3,6-8H,4-5H2,1H3/t7-,8+,9-/m0/s1. The summed E-state index contributed by atoms with van der Waals surface area (Å²) in [6.45, 7) is 2.08. The van der Waals surface area contributed by atoms with Gasteiger partial charge in [0.2, 0.25) is 0 Å². The summed E-state index contributed by atoms with van der Waals surface area (Å²) < 4.78 is 0. The average Bonchev–Trinajstić information content (AvgIpc) is 2.46. The van der Waals surface area contributed by atoms with Gasteiger partial charge < -0.3 is 4.79 Å². The van der Waals surface area contributed by atoms with Crippen LogP contribution in [0.4, 0.5) is 0 Å². The molecule has 1 fully saturated rings. The van der Waals surface area contributed by atoms with Crippen LogP contribution in [0.15, 0.2) is 12.2 Å². The van der Waals surface area contributed by atoms with E-state index in [-0.39, 0.29) is 5.41 Å². The van der Waals surface area contributed by atoms with Crippen molar-refractivity contribution >= 4 is 6.29 Å². The lowest BCUT2D eigenvalue weighted by Crippen LogP contribution is -2.22. The fraction of sp³-hybridized carbons (Fsp3) is 0.667. The van der Waals surface area contributed by atoms with Crippen LogP contribution in [0.25, 0.3) is 0 Å². The number of hydrogen-bond donors (Lipinski definition) is 0. The van der Waals surface area contributed by atoms with Crippen LogP contribution in [0.5, 0.6) is 0 Å². The van der Waals surface area contributed by atoms with Gasteiger partial charge in [0.05, 0.1) is 0 Å². The molecule has 2 aliphatic rings. The van der Waals surface area contributed by atoms with E-state index in [0.29, 0.717) is 11.8 Å². The Hall–Kier alpha value is -0.590. The molecule has 10 heavy (non-hydrogen) atoms. The molecule has 0 aromatic carbocycles. The third-order valence-electron chi connectivity index (χ3n) is 2.99. The first kappa shape index (κ1) is 6.14. The first-order chi connectivity index (χ1) is 4.74.